The van der Waals surface area contributed by atoms with Crippen LogP contribution in [0.1, 0.15) is 27.2 Å². The maximum atomic E-state index is 11.8. The van der Waals surface area contributed by atoms with Crippen LogP contribution in [0.25, 0.3) is 5.82 Å². The number of nitrogens with zero attached hydrogens (tertiary/aromatic N) is 4. The molecule has 1 N–H and O–H groups in total. The van der Waals surface area contributed by atoms with E-state index in [2.05, 4.69) is 20.5 Å². The minimum absolute atomic E-state index is 0.00801. The summed E-state index contributed by atoms with van der Waals surface area (Å²) in [4.78, 5) is 16.0. The first kappa shape index (κ1) is 13.2. The highest BCUT2D eigenvalue weighted by Crippen LogP contribution is 2.19. The molecule has 0 saturated heterocycles. The molecule has 2 aromatic rings. The van der Waals surface area contributed by atoms with Gasteiger partial charge in [0.2, 0.25) is 5.91 Å². The van der Waals surface area contributed by atoms with Crippen molar-refractivity contribution in [2.24, 2.45) is 5.41 Å². The van der Waals surface area contributed by atoms with Crippen LogP contribution < -0.4 is 5.32 Å². The van der Waals surface area contributed by atoms with Crippen LogP contribution in [-0.4, -0.2) is 25.7 Å². The SMILES string of the molecule is CC(C)(C)CC(=O)Nc1ccc(-n2cnnc2)nc1. The molecular formula is C13H17N5O. The summed E-state index contributed by atoms with van der Waals surface area (Å²) >= 11 is 0. The van der Waals surface area contributed by atoms with Gasteiger partial charge in [-0.2, -0.15) is 0 Å². The summed E-state index contributed by atoms with van der Waals surface area (Å²) < 4.78 is 1.70. The minimum Gasteiger partial charge on any atom is -0.325 e. The van der Waals surface area contributed by atoms with Crippen LogP contribution in [0.5, 0.6) is 0 Å². The molecule has 0 radical (unpaired) electrons. The van der Waals surface area contributed by atoms with Crippen molar-refractivity contribution < 1.29 is 4.79 Å². The fraction of sp³-hybridized carbons (Fsp3) is 0.385. The second kappa shape index (κ2) is 5.17. The van der Waals surface area contributed by atoms with Crippen molar-refractivity contribution in [1.29, 1.82) is 0 Å². The maximum Gasteiger partial charge on any atom is 0.224 e. The van der Waals surface area contributed by atoms with Crippen molar-refractivity contribution in [2.45, 2.75) is 27.2 Å². The van der Waals surface area contributed by atoms with E-state index < -0.39 is 0 Å². The highest BCUT2D eigenvalue weighted by atomic mass is 16.1. The molecule has 100 valence electrons. The molecule has 19 heavy (non-hydrogen) atoms. The smallest absolute Gasteiger partial charge is 0.224 e. The third-order valence-electron chi connectivity index (χ3n) is 2.41. The first-order chi connectivity index (χ1) is 8.94. The molecule has 6 nitrogen and oxygen atoms in total. The zero-order chi connectivity index (χ0) is 13.9. The Morgan fingerprint density at radius 3 is 2.47 bits per heavy atom. The van der Waals surface area contributed by atoms with E-state index >= 15 is 0 Å². The van der Waals surface area contributed by atoms with Crippen molar-refractivity contribution in [1.82, 2.24) is 19.7 Å². The summed E-state index contributed by atoms with van der Waals surface area (Å²) in [5.74, 6) is 0.699. The maximum absolute atomic E-state index is 11.8. The molecule has 0 aliphatic rings. The average molecular weight is 259 g/mol. The number of pyridine rings is 1. The summed E-state index contributed by atoms with van der Waals surface area (Å²) in [7, 11) is 0. The summed E-state index contributed by atoms with van der Waals surface area (Å²) in [5, 5.41) is 10.3. The van der Waals surface area contributed by atoms with Gasteiger partial charge in [-0.3, -0.25) is 9.36 Å². The Morgan fingerprint density at radius 2 is 1.95 bits per heavy atom. The van der Waals surface area contributed by atoms with Crippen molar-refractivity contribution in [3.63, 3.8) is 0 Å². The predicted octanol–water partition coefficient (Wildman–Crippen LogP) is 2.04. The number of aromatic nitrogens is 4. The normalized spacial score (nSPS) is 11.3. The molecular weight excluding hydrogens is 242 g/mol. The van der Waals surface area contributed by atoms with Crippen molar-refractivity contribution in [2.75, 3.05) is 5.32 Å². The van der Waals surface area contributed by atoms with Gasteiger partial charge in [-0.05, 0) is 17.5 Å². The molecule has 0 aromatic carbocycles. The van der Waals surface area contributed by atoms with Gasteiger partial charge >= 0.3 is 0 Å². The molecule has 1 amide bonds. The Kier molecular flexibility index (Phi) is 3.59. The van der Waals surface area contributed by atoms with E-state index in [0.717, 1.165) is 0 Å². The summed E-state index contributed by atoms with van der Waals surface area (Å²) in [6.45, 7) is 6.08. The Hall–Kier alpha value is -2.24. The number of anilines is 1. The van der Waals surface area contributed by atoms with Crippen LogP contribution in [-0.2, 0) is 4.79 Å². The fourth-order valence-electron chi connectivity index (χ4n) is 1.62. The largest absolute Gasteiger partial charge is 0.325 e. The molecule has 0 aliphatic heterocycles. The van der Waals surface area contributed by atoms with Gasteiger partial charge in [0, 0.05) is 6.42 Å². The van der Waals surface area contributed by atoms with Crippen LogP contribution in [0.3, 0.4) is 0 Å². The highest BCUT2D eigenvalue weighted by Gasteiger charge is 2.15. The number of carbonyl (C=O) groups excluding carboxylic acids is 1. The fourth-order valence-corrected chi connectivity index (χ4v) is 1.62. The van der Waals surface area contributed by atoms with Crippen molar-refractivity contribution in [3.8, 4) is 5.82 Å². The second-order valence-electron chi connectivity index (χ2n) is 5.56. The summed E-state index contributed by atoms with van der Waals surface area (Å²) in [6.07, 6.45) is 5.23. The number of carbonyl (C=O) groups is 1. The molecule has 2 heterocycles. The first-order valence-electron chi connectivity index (χ1n) is 6.05. The van der Waals surface area contributed by atoms with E-state index in [-0.39, 0.29) is 11.3 Å². The predicted molar refractivity (Wildman–Crippen MR) is 71.9 cm³/mol. The van der Waals surface area contributed by atoms with Gasteiger partial charge in [0.1, 0.15) is 18.5 Å². The van der Waals surface area contributed by atoms with Gasteiger partial charge in [0.15, 0.2) is 0 Å². The van der Waals surface area contributed by atoms with E-state index in [1.54, 1.807) is 29.5 Å². The van der Waals surface area contributed by atoms with E-state index in [0.29, 0.717) is 17.9 Å². The lowest BCUT2D eigenvalue weighted by Gasteiger charge is -2.17. The van der Waals surface area contributed by atoms with Gasteiger partial charge in [-0.15, -0.1) is 10.2 Å². The molecule has 0 unspecified atom stereocenters. The zero-order valence-corrected chi connectivity index (χ0v) is 11.3. The summed E-state index contributed by atoms with van der Waals surface area (Å²) in [6, 6.07) is 3.61. The first-order valence-corrected chi connectivity index (χ1v) is 6.05. The third kappa shape index (κ3) is 3.87. The Balaban J connectivity index is 2.01. The third-order valence-corrected chi connectivity index (χ3v) is 2.41. The quantitative estimate of drug-likeness (QED) is 0.915. The van der Waals surface area contributed by atoms with Crippen LogP contribution >= 0.6 is 0 Å². The number of rotatable bonds is 3. The number of hydrogen-bond donors (Lipinski definition) is 1. The Morgan fingerprint density at radius 1 is 1.26 bits per heavy atom. The molecule has 2 rings (SSSR count). The van der Waals surface area contributed by atoms with Crippen molar-refractivity contribution >= 4 is 11.6 Å². The lowest BCUT2D eigenvalue weighted by Crippen LogP contribution is -2.19. The monoisotopic (exact) mass is 259 g/mol. The summed E-state index contributed by atoms with van der Waals surface area (Å²) in [5.41, 5.74) is 0.658. The lowest BCUT2D eigenvalue weighted by molar-refractivity contribution is -0.117. The van der Waals surface area contributed by atoms with Gasteiger partial charge in [0.25, 0.3) is 0 Å². The standard InChI is InChI=1S/C13H17N5O/c1-13(2,3)6-12(19)17-10-4-5-11(14-7-10)18-8-15-16-9-18/h4-5,7-9H,6H2,1-3H3,(H,17,19). The van der Waals surface area contributed by atoms with Crippen molar-refractivity contribution in [3.05, 3.63) is 31.0 Å². The Bertz CT molecular complexity index is 539. The van der Waals surface area contributed by atoms with Crippen LogP contribution in [0.2, 0.25) is 0 Å². The molecule has 0 spiro atoms. The molecule has 0 atom stereocenters. The molecule has 2 aromatic heterocycles. The number of nitrogens with one attached hydrogen (secondary N) is 1. The van der Waals surface area contributed by atoms with E-state index in [9.17, 15) is 4.79 Å². The van der Waals surface area contributed by atoms with Gasteiger partial charge in [-0.1, -0.05) is 20.8 Å². The molecule has 6 heteroatoms. The number of hydrogen-bond acceptors (Lipinski definition) is 4. The highest BCUT2D eigenvalue weighted by molar-refractivity contribution is 5.90. The van der Waals surface area contributed by atoms with Crippen LogP contribution in [0, 0.1) is 5.41 Å². The molecule has 0 bridgehead atoms. The van der Waals surface area contributed by atoms with E-state index in [1.165, 1.54) is 0 Å². The van der Waals surface area contributed by atoms with Gasteiger partial charge in [-0.25, -0.2) is 4.98 Å². The molecule has 0 saturated carbocycles. The average Bonchev–Trinajstić information content (AvgIpc) is 2.80. The Labute approximate surface area is 111 Å². The van der Waals surface area contributed by atoms with Crippen LogP contribution in [0.4, 0.5) is 5.69 Å². The molecule has 0 fully saturated rings. The lowest BCUT2D eigenvalue weighted by atomic mass is 9.92. The molecule has 0 aliphatic carbocycles. The van der Waals surface area contributed by atoms with Gasteiger partial charge < -0.3 is 5.32 Å². The van der Waals surface area contributed by atoms with Gasteiger partial charge in [0.05, 0.1) is 11.9 Å². The number of amides is 1. The van der Waals surface area contributed by atoms with E-state index in [4.69, 9.17) is 0 Å². The van der Waals surface area contributed by atoms with E-state index in [1.807, 2.05) is 26.8 Å². The minimum atomic E-state index is -0.0278. The second-order valence-corrected chi connectivity index (χ2v) is 5.56. The zero-order valence-electron chi connectivity index (χ0n) is 11.3. The topological polar surface area (TPSA) is 72.7 Å². The van der Waals surface area contributed by atoms with Crippen LogP contribution in [0.15, 0.2) is 31.0 Å².